The van der Waals surface area contributed by atoms with Gasteiger partial charge in [-0.1, -0.05) is 0 Å². The van der Waals surface area contributed by atoms with Crippen LogP contribution >= 0.6 is 0 Å². The second kappa shape index (κ2) is 6.59. The molecule has 2 aromatic rings. The highest BCUT2D eigenvalue weighted by Crippen LogP contribution is 2.27. The predicted molar refractivity (Wildman–Crippen MR) is 70.3 cm³/mol. The minimum atomic E-state index is -4.59. The van der Waals surface area contributed by atoms with Gasteiger partial charge in [0.25, 0.3) is 5.91 Å². The van der Waals surface area contributed by atoms with Gasteiger partial charge in [-0.2, -0.15) is 22.0 Å². The standard InChI is InChI=1S/C14H9F5N2O2/c15-13(16)23-10-4-2-9(3-5-10)21-12(22)8-1-6-11(20-7-8)14(17,18)19/h1-7,13H,(H,21,22). The monoisotopic (exact) mass is 332 g/mol. The van der Waals surface area contributed by atoms with Gasteiger partial charge in [0.15, 0.2) is 0 Å². The van der Waals surface area contributed by atoms with Crippen LogP contribution in [0.3, 0.4) is 0 Å². The van der Waals surface area contributed by atoms with Crippen LogP contribution in [0.1, 0.15) is 16.1 Å². The number of ether oxygens (including phenoxy) is 1. The Morgan fingerprint density at radius 3 is 2.22 bits per heavy atom. The lowest BCUT2D eigenvalue weighted by Gasteiger charge is -2.08. The summed E-state index contributed by atoms with van der Waals surface area (Å²) >= 11 is 0. The molecule has 0 aliphatic carbocycles. The summed E-state index contributed by atoms with van der Waals surface area (Å²) in [5.74, 6) is -0.775. The third kappa shape index (κ3) is 4.63. The van der Waals surface area contributed by atoms with Crippen LogP contribution in [0.25, 0.3) is 0 Å². The molecule has 0 bridgehead atoms. The molecule has 2 rings (SSSR count). The fourth-order valence-electron chi connectivity index (χ4n) is 1.62. The topological polar surface area (TPSA) is 51.2 Å². The van der Waals surface area contributed by atoms with Gasteiger partial charge in [-0.25, -0.2) is 0 Å². The van der Waals surface area contributed by atoms with Gasteiger partial charge >= 0.3 is 12.8 Å². The molecule has 0 aliphatic heterocycles. The van der Waals surface area contributed by atoms with Crippen LogP contribution < -0.4 is 10.1 Å². The molecule has 0 aliphatic rings. The summed E-state index contributed by atoms with van der Waals surface area (Å²) in [5.41, 5.74) is -0.926. The van der Waals surface area contributed by atoms with Crippen molar-refractivity contribution in [3.05, 3.63) is 53.9 Å². The van der Waals surface area contributed by atoms with Gasteiger partial charge in [-0.05, 0) is 36.4 Å². The van der Waals surface area contributed by atoms with Crippen molar-refractivity contribution in [1.29, 1.82) is 0 Å². The number of rotatable bonds is 4. The second-order valence-corrected chi connectivity index (χ2v) is 4.29. The summed E-state index contributed by atoms with van der Waals surface area (Å²) in [6, 6.07) is 6.73. The van der Waals surface area contributed by atoms with E-state index in [0.29, 0.717) is 6.07 Å². The summed E-state index contributed by atoms with van der Waals surface area (Å²) < 4.78 is 65.2. The molecule has 1 heterocycles. The van der Waals surface area contributed by atoms with E-state index in [2.05, 4.69) is 15.0 Å². The Balaban J connectivity index is 2.04. The molecular weight excluding hydrogens is 323 g/mol. The number of aromatic nitrogens is 1. The van der Waals surface area contributed by atoms with Crippen LogP contribution in [-0.2, 0) is 6.18 Å². The second-order valence-electron chi connectivity index (χ2n) is 4.29. The molecule has 0 saturated carbocycles. The largest absolute Gasteiger partial charge is 0.435 e. The smallest absolute Gasteiger partial charge is 0.433 e. The van der Waals surface area contributed by atoms with Crippen molar-refractivity contribution in [3.8, 4) is 5.75 Å². The molecule has 1 aromatic carbocycles. The van der Waals surface area contributed by atoms with Crippen LogP contribution in [0, 0.1) is 0 Å². The number of anilines is 1. The molecule has 0 fully saturated rings. The van der Waals surface area contributed by atoms with E-state index in [-0.39, 0.29) is 17.0 Å². The highest BCUT2D eigenvalue weighted by molar-refractivity contribution is 6.04. The fraction of sp³-hybridized carbons (Fsp3) is 0.143. The van der Waals surface area contributed by atoms with Crippen molar-refractivity contribution >= 4 is 11.6 Å². The number of hydrogen-bond acceptors (Lipinski definition) is 3. The summed E-state index contributed by atoms with van der Waals surface area (Å²) in [7, 11) is 0. The Morgan fingerprint density at radius 1 is 1.09 bits per heavy atom. The zero-order valence-corrected chi connectivity index (χ0v) is 11.3. The van der Waals surface area contributed by atoms with Gasteiger partial charge in [-0.3, -0.25) is 9.78 Å². The highest BCUT2D eigenvalue weighted by Gasteiger charge is 2.32. The number of hydrogen-bond donors (Lipinski definition) is 1. The molecule has 122 valence electrons. The lowest BCUT2D eigenvalue weighted by molar-refractivity contribution is -0.141. The maximum Gasteiger partial charge on any atom is 0.433 e. The molecule has 9 heteroatoms. The van der Waals surface area contributed by atoms with Gasteiger partial charge in [-0.15, -0.1) is 0 Å². The fourth-order valence-corrected chi connectivity index (χ4v) is 1.62. The predicted octanol–water partition coefficient (Wildman–Crippen LogP) is 3.95. The number of pyridine rings is 1. The van der Waals surface area contributed by atoms with E-state index in [0.717, 1.165) is 12.3 Å². The summed E-state index contributed by atoms with van der Waals surface area (Å²) in [6.07, 6.45) is -3.79. The Bertz CT molecular complexity index is 669. The number of amides is 1. The Morgan fingerprint density at radius 2 is 1.74 bits per heavy atom. The maximum absolute atomic E-state index is 12.4. The number of benzene rings is 1. The van der Waals surface area contributed by atoms with E-state index in [1.807, 2.05) is 0 Å². The summed E-state index contributed by atoms with van der Waals surface area (Å²) in [4.78, 5) is 15.0. The Kier molecular flexibility index (Phi) is 4.77. The zero-order chi connectivity index (χ0) is 17.0. The quantitative estimate of drug-likeness (QED) is 0.863. The highest BCUT2D eigenvalue weighted by atomic mass is 19.4. The molecule has 0 atom stereocenters. The minimum absolute atomic E-state index is 0.0779. The first-order chi connectivity index (χ1) is 10.8. The van der Waals surface area contributed by atoms with Crippen LogP contribution in [0.5, 0.6) is 5.75 Å². The molecule has 0 spiro atoms. The SMILES string of the molecule is O=C(Nc1ccc(OC(F)F)cc1)c1ccc(C(F)(F)F)nc1. The maximum atomic E-state index is 12.4. The van der Waals surface area contributed by atoms with E-state index >= 15 is 0 Å². The van der Waals surface area contributed by atoms with Crippen molar-refractivity contribution in [2.75, 3.05) is 5.32 Å². The third-order valence-corrected chi connectivity index (χ3v) is 2.65. The van der Waals surface area contributed by atoms with Crippen molar-refractivity contribution in [2.24, 2.45) is 0 Å². The Labute approximate surface area is 126 Å². The lowest BCUT2D eigenvalue weighted by Crippen LogP contribution is -2.14. The first-order valence-electron chi connectivity index (χ1n) is 6.15. The van der Waals surface area contributed by atoms with Crippen LogP contribution in [0.4, 0.5) is 27.6 Å². The van der Waals surface area contributed by atoms with Crippen LogP contribution in [-0.4, -0.2) is 17.5 Å². The van der Waals surface area contributed by atoms with E-state index in [9.17, 15) is 26.7 Å². The van der Waals surface area contributed by atoms with Crippen molar-refractivity contribution in [2.45, 2.75) is 12.8 Å². The lowest BCUT2D eigenvalue weighted by atomic mass is 10.2. The van der Waals surface area contributed by atoms with E-state index in [1.54, 1.807) is 0 Å². The minimum Gasteiger partial charge on any atom is -0.435 e. The van der Waals surface area contributed by atoms with Crippen molar-refractivity contribution < 1.29 is 31.5 Å². The van der Waals surface area contributed by atoms with Gasteiger partial charge in [0.05, 0.1) is 5.56 Å². The number of carbonyl (C=O) groups excluding carboxylic acids is 1. The number of halogens is 5. The van der Waals surface area contributed by atoms with Gasteiger partial charge in [0.1, 0.15) is 11.4 Å². The molecule has 0 saturated heterocycles. The summed E-state index contributed by atoms with van der Waals surface area (Å²) in [5, 5.41) is 2.39. The van der Waals surface area contributed by atoms with Crippen molar-refractivity contribution in [1.82, 2.24) is 4.98 Å². The number of alkyl halides is 5. The number of carbonyl (C=O) groups is 1. The first kappa shape index (κ1) is 16.7. The van der Waals surface area contributed by atoms with E-state index in [1.165, 1.54) is 24.3 Å². The van der Waals surface area contributed by atoms with Gasteiger partial charge < -0.3 is 10.1 Å². The summed E-state index contributed by atoms with van der Waals surface area (Å²) in [6.45, 7) is -2.96. The van der Waals surface area contributed by atoms with Crippen LogP contribution in [0.2, 0.25) is 0 Å². The molecule has 23 heavy (non-hydrogen) atoms. The molecule has 0 radical (unpaired) electrons. The molecular formula is C14H9F5N2O2. The average Bonchev–Trinajstić information content (AvgIpc) is 2.48. The average molecular weight is 332 g/mol. The number of nitrogens with one attached hydrogen (secondary N) is 1. The van der Waals surface area contributed by atoms with Crippen molar-refractivity contribution in [3.63, 3.8) is 0 Å². The van der Waals surface area contributed by atoms with Gasteiger partial charge in [0.2, 0.25) is 0 Å². The van der Waals surface area contributed by atoms with E-state index < -0.39 is 24.4 Å². The normalized spacial score (nSPS) is 11.4. The molecule has 1 N–H and O–H groups in total. The number of nitrogens with zero attached hydrogens (tertiary/aromatic N) is 1. The first-order valence-corrected chi connectivity index (χ1v) is 6.15. The molecule has 1 amide bonds. The molecule has 1 aromatic heterocycles. The third-order valence-electron chi connectivity index (χ3n) is 2.65. The van der Waals surface area contributed by atoms with E-state index in [4.69, 9.17) is 0 Å². The Hall–Kier alpha value is -2.71. The van der Waals surface area contributed by atoms with Gasteiger partial charge in [0, 0.05) is 11.9 Å². The molecule has 4 nitrogen and oxygen atoms in total. The van der Waals surface area contributed by atoms with Crippen LogP contribution in [0.15, 0.2) is 42.6 Å². The molecule has 0 unspecified atom stereocenters. The zero-order valence-electron chi connectivity index (χ0n) is 11.3.